The van der Waals surface area contributed by atoms with Crippen LogP contribution in [0.25, 0.3) is 0 Å². The Hall–Kier alpha value is -1.01. The van der Waals surface area contributed by atoms with Crippen molar-refractivity contribution in [3.05, 3.63) is 24.3 Å². The predicted molar refractivity (Wildman–Crippen MR) is 65.2 cm³/mol. The molecule has 2 atom stereocenters. The van der Waals surface area contributed by atoms with Crippen LogP contribution in [0.5, 0.6) is 0 Å². The van der Waals surface area contributed by atoms with Crippen LogP contribution in [0.4, 0.5) is 0 Å². The third-order valence-corrected chi connectivity index (χ3v) is 4.90. The minimum absolute atomic E-state index is 0.104. The Morgan fingerprint density at radius 2 is 2.35 bits per heavy atom. The van der Waals surface area contributed by atoms with Crippen LogP contribution >= 0.6 is 0 Å². The molecule has 1 saturated heterocycles. The third-order valence-electron chi connectivity index (χ3n) is 3.07. The van der Waals surface area contributed by atoms with Gasteiger partial charge in [0, 0.05) is 24.6 Å². The topological polar surface area (TPSA) is 72.0 Å². The lowest BCUT2D eigenvalue weighted by molar-refractivity contribution is 0.470. The SMILES string of the molecule is CC(NCC1CCS(=O)(=O)C1)c1cnccn1. The molecule has 2 heterocycles. The number of nitrogens with one attached hydrogen (secondary N) is 1. The van der Waals surface area contributed by atoms with Gasteiger partial charge < -0.3 is 5.32 Å². The first-order chi connectivity index (χ1) is 8.07. The zero-order valence-electron chi connectivity index (χ0n) is 9.83. The second-order valence-electron chi connectivity index (χ2n) is 4.53. The molecule has 1 aromatic heterocycles. The molecule has 17 heavy (non-hydrogen) atoms. The van der Waals surface area contributed by atoms with Gasteiger partial charge in [0.15, 0.2) is 9.84 Å². The predicted octanol–water partition coefficient (Wildman–Crippen LogP) is 0.562. The first kappa shape index (κ1) is 12.4. The molecule has 0 aromatic carbocycles. The number of aromatic nitrogens is 2. The van der Waals surface area contributed by atoms with Crippen molar-refractivity contribution in [2.45, 2.75) is 19.4 Å². The zero-order valence-corrected chi connectivity index (χ0v) is 10.7. The number of sulfone groups is 1. The summed E-state index contributed by atoms with van der Waals surface area (Å²) >= 11 is 0. The minimum Gasteiger partial charge on any atom is -0.308 e. The number of rotatable bonds is 4. The van der Waals surface area contributed by atoms with Gasteiger partial charge in [-0.3, -0.25) is 9.97 Å². The molecule has 1 aliphatic heterocycles. The Morgan fingerprint density at radius 1 is 1.53 bits per heavy atom. The largest absolute Gasteiger partial charge is 0.308 e. The molecule has 2 rings (SSSR count). The van der Waals surface area contributed by atoms with E-state index in [0.717, 1.165) is 18.7 Å². The van der Waals surface area contributed by atoms with Crippen molar-refractivity contribution in [1.82, 2.24) is 15.3 Å². The molecule has 0 saturated carbocycles. The molecular weight excluding hydrogens is 238 g/mol. The first-order valence-electron chi connectivity index (χ1n) is 5.76. The lowest BCUT2D eigenvalue weighted by atomic mass is 10.1. The highest BCUT2D eigenvalue weighted by Gasteiger charge is 2.27. The van der Waals surface area contributed by atoms with Crippen molar-refractivity contribution in [3.8, 4) is 0 Å². The van der Waals surface area contributed by atoms with Crippen molar-refractivity contribution in [2.75, 3.05) is 18.1 Å². The van der Waals surface area contributed by atoms with E-state index in [1.54, 1.807) is 18.6 Å². The normalized spacial score (nSPS) is 24.6. The number of hydrogen-bond acceptors (Lipinski definition) is 5. The molecule has 0 spiro atoms. The standard InChI is InChI=1S/C11H17N3O2S/c1-9(11-7-12-3-4-13-11)14-6-10-2-5-17(15,16)8-10/h3-4,7,9-10,14H,2,5-6,8H2,1H3. The lowest BCUT2D eigenvalue weighted by Gasteiger charge is -2.15. The fourth-order valence-electron chi connectivity index (χ4n) is 2.02. The molecule has 0 amide bonds. The average molecular weight is 255 g/mol. The molecular formula is C11H17N3O2S. The van der Waals surface area contributed by atoms with Crippen molar-refractivity contribution in [1.29, 1.82) is 0 Å². The van der Waals surface area contributed by atoms with Crippen LogP contribution in [0, 0.1) is 5.92 Å². The fourth-order valence-corrected chi connectivity index (χ4v) is 3.88. The van der Waals surface area contributed by atoms with E-state index in [9.17, 15) is 8.42 Å². The molecule has 1 fully saturated rings. The molecule has 2 unspecified atom stereocenters. The van der Waals surface area contributed by atoms with E-state index >= 15 is 0 Å². The lowest BCUT2D eigenvalue weighted by Crippen LogP contribution is -2.27. The Labute approximate surface area is 102 Å². The summed E-state index contributed by atoms with van der Waals surface area (Å²) in [5, 5.41) is 3.31. The van der Waals surface area contributed by atoms with Crippen LogP contribution in [0.2, 0.25) is 0 Å². The maximum Gasteiger partial charge on any atom is 0.150 e. The summed E-state index contributed by atoms with van der Waals surface area (Å²) in [5.74, 6) is 0.880. The fraction of sp³-hybridized carbons (Fsp3) is 0.636. The highest BCUT2D eigenvalue weighted by atomic mass is 32.2. The van der Waals surface area contributed by atoms with E-state index in [4.69, 9.17) is 0 Å². The Bertz CT molecular complexity index is 461. The van der Waals surface area contributed by atoms with E-state index < -0.39 is 9.84 Å². The Morgan fingerprint density at radius 3 is 2.94 bits per heavy atom. The van der Waals surface area contributed by atoms with Gasteiger partial charge in [0.2, 0.25) is 0 Å². The summed E-state index contributed by atoms with van der Waals surface area (Å²) in [7, 11) is -2.78. The summed E-state index contributed by atoms with van der Waals surface area (Å²) < 4.78 is 22.6. The molecule has 0 aliphatic carbocycles. The van der Waals surface area contributed by atoms with Crippen molar-refractivity contribution < 1.29 is 8.42 Å². The quantitative estimate of drug-likeness (QED) is 0.851. The minimum atomic E-state index is -2.78. The molecule has 6 heteroatoms. The van der Waals surface area contributed by atoms with Crippen LogP contribution in [-0.4, -0.2) is 36.4 Å². The van der Waals surface area contributed by atoms with Gasteiger partial charge in [-0.25, -0.2) is 8.42 Å². The summed E-state index contributed by atoms with van der Waals surface area (Å²) in [4.78, 5) is 8.22. The second kappa shape index (κ2) is 5.10. The first-order valence-corrected chi connectivity index (χ1v) is 7.59. The van der Waals surface area contributed by atoms with Crippen LogP contribution in [0.1, 0.15) is 25.1 Å². The molecule has 1 aliphatic rings. The highest BCUT2D eigenvalue weighted by molar-refractivity contribution is 7.91. The molecule has 1 aromatic rings. The maximum atomic E-state index is 11.3. The summed E-state index contributed by atoms with van der Waals surface area (Å²) in [6.07, 6.45) is 5.79. The van der Waals surface area contributed by atoms with Crippen LogP contribution in [-0.2, 0) is 9.84 Å². The summed E-state index contributed by atoms with van der Waals surface area (Å²) in [6.45, 7) is 2.73. The van der Waals surface area contributed by atoms with Gasteiger partial charge in [0.1, 0.15) is 0 Å². The van der Waals surface area contributed by atoms with E-state index in [2.05, 4.69) is 15.3 Å². The molecule has 1 N–H and O–H groups in total. The molecule has 5 nitrogen and oxygen atoms in total. The van der Waals surface area contributed by atoms with Crippen molar-refractivity contribution in [2.24, 2.45) is 5.92 Å². The third kappa shape index (κ3) is 3.47. The highest BCUT2D eigenvalue weighted by Crippen LogP contribution is 2.18. The summed E-state index contributed by atoms with van der Waals surface area (Å²) in [6, 6.07) is 0.104. The molecule has 0 bridgehead atoms. The van der Waals surface area contributed by atoms with Crippen molar-refractivity contribution in [3.63, 3.8) is 0 Å². The maximum absolute atomic E-state index is 11.3. The van der Waals surface area contributed by atoms with Gasteiger partial charge in [0.05, 0.1) is 17.2 Å². The van der Waals surface area contributed by atoms with Gasteiger partial charge in [-0.15, -0.1) is 0 Å². The van der Waals surface area contributed by atoms with Gasteiger partial charge in [-0.2, -0.15) is 0 Å². The van der Waals surface area contributed by atoms with E-state index in [0.29, 0.717) is 11.5 Å². The van der Waals surface area contributed by atoms with Crippen LogP contribution in [0.3, 0.4) is 0 Å². The molecule has 0 radical (unpaired) electrons. The van der Waals surface area contributed by atoms with Gasteiger partial charge >= 0.3 is 0 Å². The van der Waals surface area contributed by atoms with Crippen LogP contribution in [0.15, 0.2) is 18.6 Å². The van der Waals surface area contributed by atoms with Crippen LogP contribution < -0.4 is 5.32 Å². The van der Waals surface area contributed by atoms with E-state index in [1.807, 2.05) is 6.92 Å². The monoisotopic (exact) mass is 255 g/mol. The smallest absolute Gasteiger partial charge is 0.150 e. The van der Waals surface area contributed by atoms with Gasteiger partial charge in [0.25, 0.3) is 0 Å². The van der Waals surface area contributed by atoms with Crippen molar-refractivity contribution >= 4 is 9.84 Å². The summed E-state index contributed by atoms with van der Waals surface area (Å²) in [5.41, 5.74) is 0.883. The Kier molecular flexibility index (Phi) is 3.73. The Balaban J connectivity index is 1.83. The van der Waals surface area contributed by atoms with Gasteiger partial charge in [-0.1, -0.05) is 0 Å². The molecule has 94 valence electrons. The number of hydrogen-bond donors (Lipinski definition) is 1. The van der Waals surface area contributed by atoms with Gasteiger partial charge in [-0.05, 0) is 25.8 Å². The van der Waals surface area contributed by atoms with E-state index in [-0.39, 0.29) is 12.0 Å². The number of nitrogens with zero attached hydrogens (tertiary/aromatic N) is 2. The zero-order chi connectivity index (χ0) is 12.3. The second-order valence-corrected chi connectivity index (χ2v) is 6.76. The van der Waals surface area contributed by atoms with E-state index in [1.165, 1.54) is 0 Å². The average Bonchev–Trinajstić information content (AvgIpc) is 2.67.